The van der Waals surface area contributed by atoms with Gasteiger partial charge < -0.3 is 4.84 Å². The fraction of sp³-hybridized carbons (Fsp3) is 0.522. The van der Waals surface area contributed by atoms with Crippen molar-refractivity contribution in [3.63, 3.8) is 0 Å². The zero-order valence-corrected chi connectivity index (χ0v) is 16.7. The van der Waals surface area contributed by atoms with Gasteiger partial charge in [0.1, 0.15) is 0 Å². The second-order valence-electron chi connectivity index (χ2n) is 6.87. The number of nitrogens with two attached hydrogens (primary N) is 1. The summed E-state index contributed by atoms with van der Waals surface area (Å²) in [5.74, 6) is 4.48. The van der Waals surface area contributed by atoms with Crippen LogP contribution in [-0.2, 0) is 16.1 Å². The van der Waals surface area contributed by atoms with Crippen LogP contribution in [-0.4, -0.2) is 5.97 Å². The number of benzene rings is 1. The van der Waals surface area contributed by atoms with Gasteiger partial charge in [-0.3, -0.25) is 0 Å². The van der Waals surface area contributed by atoms with Gasteiger partial charge in [-0.25, -0.2) is 4.79 Å². The molecule has 0 radical (unpaired) electrons. The summed E-state index contributed by atoms with van der Waals surface area (Å²) in [6.45, 7) is 6.21. The third-order valence-electron chi connectivity index (χ3n) is 4.76. The van der Waals surface area contributed by atoms with Gasteiger partial charge in [0.15, 0.2) is 0 Å². The summed E-state index contributed by atoms with van der Waals surface area (Å²) in [5.41, 5.74) is 4.25. The fourth-order valence-corrected chi connectivity index (χ4v) is 2.95. The lowest BCUT2D eigenvalue weighted by Gasteiger charge is -2.05. The van der Waals surface area contributed by atoms with E-state index in [1.807, 2.05) is 19.9 Å². The summed E-state index contributed by atoms with van der Waals surface area (Å²) in [7, 11) is 0. The Morgan fingerprint density at radius 1 is 0.962 bits per heavy atom. The molecule has 0 amide bonds. The Morgan fingerprint density at radius 2 is 1.58 bits per heavy atom. The smallest absolute Gasteiger partial charge is 0.352 e. The minimum atomic E-state index is -0.471. The molecule has 0 bridgehead atoms. The molecule has 0 aliphatic heterocycles. The molecule has 1 rings (SSSR count). The Morgan fingerprint density at radius 3 is 2.15 bits per heavy atom. The third kappa shape index (κ3) is 8.48. The predicted molar refractivity (Wildman–Crippen MR) is 110 cm³/mol. The molecule has 2 N–H and O–H groups in total. The summed E-state index contributed by atoms with van der Waals surface area (Å²) >= 11 is 0. The molecular weight excluding hydrogens is 322 g/mol. The van der Waals surface area contributed by atoms with Crippen molar-refractivity contribution in [2.75, 3.05) is 0 Å². The highest BCUT2D eigenvalue weighted by molar-refractivity contribution is 5.88. The molecule has 0 atom stereocenters. The lowest BCUT2D eigenvalue weighted by molar-refractivity contribution is -0.139. The number of carbonyl (C=O) groups excluding carboxylic acids is 1. The molecule has 0 spiro atoms. The van der Waals surface area contributed by atoms with Crippen LogP contribution < -0.4 is 5.90 Å². The SMILES string of the molecule is CCCCCCCCCc1ccc(/C(C)=C/C=C(\CC)C(=O)ON)cc1. The van der Waals surface area contributed by atoms with Gasteiger partial charge in [0.2, 0.25) is 0 Å². The van der Waals surface area contributed by atoms with Gasteiger partial charge in [-0.2, -0.15) is 5.90 Å². The van der Waals surface area contributed by atoms with Crippen molar-refractivity contribution in [2.24, 2.45) is 5.90 Å². The Kier molecular flexibility index (Phi) is 11.4. The second-order valence-corrected chi connectivity index (χ2v) is 6.87. The molecule has 0 heterocycles. The molecule has 0 saturated heterocycles. The number of unbranched alkanes of at least 4 members (excludes halogenated alkanes) is 6. The summed E-state index contributed by atoms with van der Waals surface area (Å²) in [6.07, 6.45) is 14.9. The van der Waals surface area contributed by atoms with Crippen molar-refractivity contribution >= 4 is 11.5 Å². The lowest BCUT2D eigenvalue weighted by atomic mass is 10.0. The van der Waals surface area contributed by atoms with Gasteiger partial charge >= 0.3 is 5.97 Å². The first-order valence-electron chi connectivity index (χ1n) is 10.00. The summed E-state index contributed by atoms with van der Waals surface area (Å²) in [5, 5.41) is 0. The molecule has 1 aromatic carbocycles. The van der Waals surface area contributed by atoms with Gasteiger partial charge in [0.05, 0.1) is 0 Å². The molecule has 0 aliphatic carbocycles. The number of carbonyl (C=O) groups is 1. The number of hydrogen-bond donors (Lipinski definition) is 1. The minimum absolute atomic E-state index is 0.471. The van der Waals surface area contributed by atoms with Gasteiger partial charge in [-0.15, -0.1) is 0 Å². The fourth-order valence-electron chi connectivity index (χ4n) is 2.95. The maximum atomic E-state index is 11.5. The third-order valence-corrected chi connectivity index (χ3v) is 4.76. The molecule has 0 saturated carbocycles. The Bertz CT molecular complexity index is 585. The highest BCUT2D eigenvalue weighted by Crippen LogP contribution is 2.17. The molecule has 144 valence electrons. The number of aryl methyl sites for hydroxylation is 1. The second kappa shape index (κ2) is 13.3. The molecular formula is C23H35NO2. The van der Waals surface area contributed by atoms with Crippen LogP contribution in [0, 0.1) is 0 Å². The maximum Gasteiger partial charge on any atom is 0.352 e. The van der Waals surface area contributed by atoms with Crippen LogP contribution in [0.5, 0.6) is 0 Å². The van der Waals surface area contributed by atoms with Gasteiger partial charge in [0, 0.05) is 5.57 Å². The molecule has 0 fully saturated rings. The molecule has 1 aromatic rings. The summed E-state index contributed by atoms with van der Waals surface area (Å²) in [4.78, 5) is 15.8. The van der Waals surface area contributed by atoms with Crippen molar-refractivity contribution in [3.8, 4) is 0 Å². The number of allylic oxidation sites excluding steroid dienone is 3. The van der Waals surface area contributed by atoms with Crippen molar-refractivity contribution in [1.29, 1.82) is 0 Å². The lowest BCUT2D eigenvalue weighted by Crippen LogP contribution is -2.11. The van der Waals surface area contributed by atoms with Crippen molar-refractivity contribution in [2.45, 2.75) is 78.6 Å². The average Bonchev–Trinajstić information content (AvgIpc) is 2.67. The molecule has 0 aliphatic rings. The van der Waals surface area contributed by atoms with E-state index in [9.17, 15) is 4.79 Å². The summed E-state index contributed by atoms with van der Waals surface area (Å²) < 4.78 is 0. The van der Waals surface area contributed by atoms with Crippen molar-refractivity contribution < 1.29 is 9.63 Å². The number of rotatable bonds is 12. The van der Waals surface area contributed by atoms with Crippen LogP contribution in [0.1, 0.15) is 83.3 Å². The molecule has 26 heavy (non-hydrogen) atoms. The largest absolute Gasteiger partial charge is 0.370 e. The van der Waals surface area contributed by atoms with Gasteiger partial charge in [-0.1, -0.05) is 88.8 Å². The normalized spacial score (nSPS) is 12.3. The van der Waals surface area contributed by atoms with E-state index >= 15 is 0 Å². The highest BCUT2D eigenvalue weighted by Gasteiger charge is 2.06. The molecule has 3 nitrogen and oxygen atoms in total. The Labute approximate surface area is 159 Å². The predicted octanol–water partition coefficient (Wildman–Crippen LogP) is 6.14. The van der Waals surface area contributed by atoms with Crippen LogP contribution >= 0.6 is 0 Å². The van der Waals surface area contributed by atoms with E-state index < -0.39 is 5.97 Å². The van der Waals surface area contributed by atoms with Gasteiger partial charge in [-0.05, 0) is 42.9 Å². The summed E-state index contributed by atoms with van der Waals surface area (Å²) in [6, 6.07) is 8.73. The monoisotopic (exact) mass is 357 g/mol. The van der Waals surface area contributed by atoms with E-state index in [0.717, 1.165) is 12.0 Å². The first-order chi connectivity index (χ1) is 12.6. The minimum Gasteiger partial charge on any atom is -0.370 e. The number of hydrogen-bond acceptors (Lipinski definition) is 3. The molecule has 3 heteroatoms. The van der Waals surface area contributed by atoms with Gasteiger partial charge in [0.25, 0.3) is 0 Å². The van der Waals surface area contributed by atoms with Crippen LogP contribution in [0.25, 0.3) is 5.57 Å². The van der Waals surface area contributed by atoms with E-state index in [1.165, 1.54) is 56.1 Å². The van der Waals surface area contributed by atoms with Crippen molar-refractivity contribution in [1.82, 2.24) is 0 Å². The molecule has 0 aromatic heterocycles. The Balaban J connectivity index is 2.49. The zero-order valence-electron chi connectivity index (χ0n) is 16.7. The first kappa shape index (κ1) is 22.2. The maximum absolute atomic E-state index is 11.5. The standard InChI is InChI=1S/C23H35NO2/c1-4-6-7-8-9-10-11-12-20-14-17-22(18-15-20)19(3)13-16-21(5-2)23(25)26-24/h13-18H,4-12,24H2,1-3H3/b19-13+,21-16+. The van der Waals surface area contributed by atoms with E-state index in [1.54, 1.807) is 6.08 Å². The average molecular weight is 358 g/mol. The van der Waals surface area contributed by atoms with E-state index in [-0.39, 0.29) is 0 Å². The molecule has 0 unspecified atom stereocenters. The van der Waals surface area contributed by atoms with Crippen molar-refractivity contribution in [3.05, 3.63) is 53.1 Å². The van der Waals surface area contributed by atoms with Crippen LogP contribution in [0.3, 0.4) is 0 Å². The Hall–Kier alpha value is -1.87. The zero-order chi connectivity index (χ0) is 19.2. The first-order valence-corrected chi connectivity index (χ1v) is 10.00. The van der Waals surface area contributed by atoms with Crippen LogP contribution in [0.4, 0.5) is 0 Å². The van der Waals surface area contributed by atoms with E-state index in [2.05, 4.69) is 36.0 Å². The topological polar surface area (TPSA) is 52.3 Å². The van der Waals surface area contributed by atoms with E-state index in [0.29, 0.717) is 12.0 Å². The van der Waals surface area contributed by atoms with E-state index in [4.69, 9.17) is 5.90 Å². The highest BCUT2D eigenvalue weighted by atomic mass is 16.7. The van der Waals surface area contributed by atoms with Crippen LogP contribution in [0.15, 0.2) is 42.0 Å². The van der Waals surface area contributed by atoms with Crippen LogP contribution in [0.2, 0.25) is 0 Å². The quantitative estimate of drug-likeness (QED) is 0.212.